The summed E-state index contributed by atoms with van der Waals surface area (Å²) in [4.78, 5) is 30.4. The van der Waals surface area contributed by atoms with Crippen molar-refractivity contribution in [3.63, 3.8) is 0 Å². The van der Waals surface area contributed by atoms with Crippen LogP contribution in [0.1, 0.15) is 23.2 Å². The van der Waals surface area contributed by atoms with E-state index in [0.717, 1.165) is 12.1 Å². The van der Waals surface area contributed by atoms with Gasteiger partial charge in [0, 0.05) is 44.4 Å². The van der Waals surface area contributed by atoms with Crippen LogP contribution in [0.15, 0.2) is 65.7 Å². The average molecular weight is 521 g/mol. The van der Waals surface area contributed by atoms with Gasteiger partial charge >= 0.3 is 0 Å². The lowest BCUT2D eigenvalue weighted by Crippen LogP contribution is -2.45. The van der Waals surface area contributed by atoms with Crippen molar-refractivity contribution in [2.45, 2.75) is 18.9 Å². The van der Waals surface area contributed by atoms with Crippen LogP contribution < -0.4 is 20.9 Å². The van der Waals surface area contributed by atoms with Crippen LogP contribution in [0.3, 0.4) is 0 Å². The number of nitrogens with zero attached hydrogens (tertiary/aromatic N) is 2. The molecule has 3 rings (SSSR count). The van der Waals surface area contributed by atoms with Crippen molar-refractivity contribution in [3.05, 3.63) is 66.2 Å². The molecule has 1 aliphatic rings. The highest BCUT2D eigenvalue weighted by molar-refractivity contribution is 14.0. The summed E-state index contributed by atoms with van der Waals surface area (Å²) in [6.45, 7) is 1.84. The Kier molecular flexibility index (Phi) is 9.59. The third kappa shape index (κ3) is 6.72. The first-order valence-corrected chi connectivity index (χ1v) is 9.83. The van der Waals surface area contributed by atoms with Crippen LogP contribution in [0.5, 0.6) is 0 Å². The van der Waals surface area contributed by atoms with Gasteiger partial charge in [0.05, 0.1) is 6.04 Å². The van der Waals surface area contributed by atoms with Crippen LogP contribution >= 0.6 is 24.0 Å². The number of aliphatic imine (C=N–C) groups is 1. The van der Waals surface area contributed by atoms with Gasteiger partial charge in [0.1, 0.15) is 0 Å². The summed E-state index contributed by atoms with van der Waals surface area (Å²) in [6.07, 6.45) is 1.20. The fraction of sp³-hybridized carbons (Fsp3) is 0.318. The molecule has 8 heteroatoms. The molecule has 1 aliphatic heterocycles. The highest BCUT2D eigenvalue weighted by atomic mass is 127. The van der Waals surface area contributed by atoms with Crippen LogP contribution in [-0.2, 0) is 4.79 Å². The number of guanidine groups is 1. The van der Waals surface area contributed by atoms with Crippen molar-refractivity contribution in [1.82, 2.24) is 16.0 Å². The first-order chi connectivity index (χ1) is 14.2. The van der Waals surface area contributed by atoms with E-state index in [0.29, 0.717) is 37.6 Å². The molecule has 3 N–H and O–H groups in total. The summed E-state index contributed by atoms with van der Waals surface area (Å²) in [5, 5.41) is 9.45. The maximum atomic E-state index is 12.3. The fourth-order valence-electron chi connectivity index (χ4n) is 3.24. The standard InChI is InChI=1S/C22H27N5O2.HI/c1-23-22(25-14-8-13-24-21(29)17-9-4-2-5-10-17)26-18-15-20(28)27(16-18)19-11-6-3-7-12-19;/h2-7,9-12,18H,8,13-16H2,1H3,(H,24,29)(H2,23,25,26);1H. The molecule has 2 amide bonds. The number of hydrogen-bond acceptors (Lipinski definition) is 3. The Morgan fingerprint density at radius 2 is 1.67 bits per heavy atom. The summed E-state index contributed by atoms with van der Waals surface area (Å²) >= 11 is 0. The third-order valence-electron chi connectivity index (χ3n) is 4.72. The molecule has 7 nitrogen and oxygen atoms in total. The topological polar surface area (TPSA) is 85.8 Å². The molecule has 0 saturated carbocycles. The summed E-state index contributed by atoms with van der Waals surface area (Å²) < 4.78 is 0. The van der Waals surface area contributed by atoms with Gasteiger partial charge in [0.2, 0.25) is 5.91 Å². The molecule has 0 aliphatic carbocycles. The number of rotatable bonds is 7. The molecule has 1 unspecified atom stereocenters. The number of para-hydroxylation sites is 1. The van der Waals surface area contributed by atoms with Gasteiger partial charge in [-0.25, -0.2) is 0 Å². The minimum Gasteiger partial charge on any atom is -0.356 e. The Morgan fingerprint density at radius 3 is 2.33 bits per heavy atom. The zero-order valence-corrected chi connectivity index (χ0v) is 19.3. The lowest BCUT2D eigenvalue weighted by atomic mass is 10.2. The highest BCUT2D eigenvalue weighted by Gasteiger charge is 2.30. The normalized spacial score (nSPS) is 16.0. The second-order valence-electron chi connectivity index (χ2n) is 6.86. The number of carbonyl (C=O) groups is 2. The minimum absolute atomic E-state index is 0. The Hall–Kier alpha value is -2.62. The van der Waals surface area contributed by atoms with Gasteiger partial charge < -0.3 is 20.9 Å². The maximum Gasteiger partial charge on any atom is 0.251 e. The highest BCUT2D eigenvalue weighted by Crippen LogP contribution is 2.20. The van der Waals surface area contributed by atoms with Crippen LogP contribution in [0, 0.1) is 0 Å². The predicted octanol–water partition coefficient (Wildman–Crippen LogP) is 2.40. The van der Waals surface area contributed by atoms with Gasteiger partial charge in [-0.05, 0) is 30.7 Å². The zero-order valence-electron chi connectivity index (χ0n) is 17.0. The third-order valence-corrected chi connectivity index (χ3v) is 4.72. The fourth-order valence-corrected chi connectivity index (χ4v) is 3.24. The molecule has 160 valence electrons. The molecule has 2 aromatic carbocycles. The van der Waals surface area contributed by atoms with Crippen molar-refractivity contribution >= 4 is 47.4 Å². The van der Waals surface area contributed by atoms with Crippen LogP contribution in [0.25, 0.3) is 0 Å². The van der Waals surface area contributed by atoms with Crippen LogP contribution in [-0.4, -0.2) is 50.5 Å². The van der Waals surface area contributed by atoms with E-state index >= 15 is 0 Å². The molecule has 0 aromatic heterocycles. The van der Waals surface area contributed by atoms with Gasteiger partial charge in [-0.15, -0.1) is 24.0 Å². The number of nitrogens with one attached hydrogen (secondary N) is 3. The van der Waals surface area contributed by atoms with E-state index in [1.54, 1.807) is 24.1 Å². The molecule has 1 fully saturated rings. The molecule has 1 saturated heterocycles. The van der Waals surface area contributed by atoms with E-state index in [2.05, 4.69) is 20.9 Å². The number of carbonyl (C=O) groups excluding carboxylic acids is 2. The maximum absolute atomic E-state index is 12.3. The van der Waals surface area contributed by atoms with Gasteiger partial charge in [-0.1, -0.05) is 36.4 Å². The van der Waals surface area contributed by atoms with Crippen LogP contribution in [0.4, 0.5) is 5.69 Å². The van der Waals surface area contributed by atoms with E-state index in [9.17, 15) is 9.59 Å². The monoisotopic (exact) mass is 521 g/mol. The van der Waals surface area contributed by atoms with Gasteiger partial charge in [-0.3, -0.25) is 14.6 Å². The van der Waals surface area contributed by atoms with E-state index in [1.165, 1.54) is 0 Å². The lowest BCUT2D eigenvalue weighted by Gasteiger charge is -2.19. The number of hydrogen-bond donors (Lipinski definition) is 3. The Bertz CT molecular complexity index is 845. The van der Waals surface area contributed by atoms with E-state index in [1.807, 2.05) is 48.5 Å². The predicted molar refractivity (Wildman–Crippen MR) is 131 cm³/mol. The van der Waals surface area contributed by atoms with Crippen molar-refractivity contribution in [2.75, 3.05) is 31.6 Å². The SMILES string of the molecule is CN=C(NCCCNC(=O)c1ccccc1)NC1CC(=O)N(c2ccccc2)C1.I. The second-order valence-corrected chi connectivity index (χ2v) is 6.86. The molecular formula is C22H28IN5O2. The van der Waals surface area contributed by atoms with Crippen LogP contribution in [0.2, 0.25) is 0 Å². The van der Waals surface area contributed by atoms with E-state index in [-0.39, 0.29) is 41.8 Å². The first-order valence-electron chi connectivity index (χ1n) is 9.83. The summed E-state index contributed by atoms with van der Waals surface area (Å²) in [5.74, 6) is 0.693. The quantitative estimate of drug-likeness (QED) is 0.226. The molecule has 1 atom stereocenters. The van der Waals surface area contributed by atoms with E-state index < -0.39 is 0 Å². The van der Waals surface area contributed by atoms with Crippen molar-refractivity contribution in [3.8, 4) is 0 Å². The molecule has 2 aromatic rings. The molecule has 30 heavy (non-hydrogen) atoms. The lowest BCUT2D eigenvalue weighted by molar-refractivity contribution is -0.117. The summed E-state index contributed by atoms with van der Waals surface area (Å²) in [6, 6.07) is 18.9. The van der Waals surface area contributed by atoms with Gasteiger partial charge in [0.25, 0.3) is 5.91 Å². The van der Waals surface area contributed by atoms with Crippen molar-refractivity contribution < 1.29 is 9.59 Å². The van der Waals surface area contributed by atoms with E-state index in [4.69, 9.17) is 0 Å². The molecular weight excluding hydrogens is 493 g/mol. The van der Waals surface area contributed by atoms with Gasteiger partial charge in [0.15, 0.2) is 5.96 Å². The Labute approximate surface area is 194 Å². The molecule has 0 bridgehead atoms. The van der Waals surface area contributed by atoms with Crippen molar-refractivity contribution in [2.24, 2.45) is 4.99 Å². The van der Waals surface area contributed by atoms with Gasteiger partial charge in [-0.2, -0.15) is 0 Å². The number of benzene rings is 2. The minimum atomic E-state index is -0.0708. The molecule has 1 heterocycles. The number of anilines is 1. The summed E-state index contributed by atoms with van der Waals surface area (Å²) in [7, 11) is 1.71. The molecule has 0 radical (unpaired) electrons. The first kappa shape index (κ1) is 23.7. The van der Waals surface area contributed by atoms with Crippen molar-refractivity contribution in [1.29, 1.82) is 0 Å². The zero-order chi connectivity index (χ0) is 20.5. The smallest absolute Gasteiger partial charge is 0.251 e. The Balaban J connectivity index is 0.00000320. The summed E-state index contributed by atoms with van der Waals surface area (Å²) in [5.41, 5.74) is 1.57. The largest absolute Gasteiger partial charge is 0.356 e. The number of amides is 2. The molecule has 0 spiro atoms. The average Bonchev–Trinajstić information content (AvgIpc) is 3.13. The second kappa shape index (κ2) is 12.2. The Morgan fingerprint density at radius 1 is 1.03 bits per heavy atom. The number of halogens is 1.